The molecular formula is C16H21N5O6S. The number of ether oxygens (including phenoxy) is 1. The summed E-state index contributed by atoms with van der Waals surface area (Å²) in [5.74, 6) is -1.15. The van der Waals surface area contributed by atoms with Crippen LogP contribution in [0, 0.1) is 10.1 Å². The third-order valence-electron chi connectivity index (χ3n) is 2.84. The Morgan fingerprint density at radius 2 is 2.07 bits per heavy atom. The summed E-state index contributed by atoms with van der Waals surface area (Å²) in [7, 11) is 0. The molecule has 152 valence electrons. The number of nitrogens with one attached hydrogen (secondary N) is 1. The molecule has 2 aromatic rings. The van der Waals surface area contributed by atoms with E-state index >= 15 is 0 Å². The number of anilines is 2. The largest absolute Gasteiger partial charge is 0.476 e. The molecule has 0 aromatic carbocycles. The summed E-state index contributed by atoms with van der Waals surface area (Å²) >= 11 is 1.14. The molecule has 1 amide bonds. The van der Waals surface area contributed by atoms with E-state index in [9.17, 15) is 19.7 Å². The highest BCUT2D eigenvalue weighted by Crippen LogP contribution is 2.24. The van der Waals surface area contributed by atoms with E-state index in [4.69, 9.17) is 15.6 Å². The summed E-state index contributed by atoms with van der Waals surface area (Å²) in [5, 5.41) is 21.7. The van der Waals surface area contributed by atoms with Crippen LogP contribution >= 0.6 is 11.3 Å². The molecule has 0 radical (unpaired) electrons. The molecule has 12 heteroatoms. The highest BCUT2D eigenvalue weighted by atomic mass is 32.1. The Morgan fingerprint density at radius 1 is 1.43 bits per heavy atom. The Morgan fingerprint density at radius 3 is 2.46 bits per heavy atom. The molecule has 2 heterocycles. The van der Waals surface area contributed by atoms with E-state index in [-0.39, 0.29) is 22.3 Å². The number of thiazole rings is 1. The van der Waals surface area contributed by atoms with Crippen LogP contribution in [0.4, 0.5) is 21.4 Å². The Bertz CT molecular complexity index is 861. The van der Waals surface area contributed by atoms with E-state index in [0.717, 1.165) is 11.3 Å². The number of carboxylic acids is 1. The first-order valence-electron chi connectivity index (χ1n) is 8.02. The molecule has 0 aliphatic rings. The van der Waals surface area contributed by atoms with Crippen LogP contribution in [0.2, 0.25) is 0 Å². The van der Waals surface area contributed by atoms with Crippen LogP contribution in [0.3, 0.4) is 0 Å². The molecule has 0 fully saturated rings. The fourth-order valence-corrected chi connectivity index (χ4v) is 2.64. The predicted octanol–water partition coefficient (Wildman–Crippen LogP) is 3.32. The maximum Gasteiger partial charge on any atom is 0.413 e. The summed E-state index contributed by atoms with van der Waals surface area (Å²) in [6.07, 6.45) is 1.31. The van der Waals surface area contributed by atoms with Gasteiger partial charge in [0.25, 0.3) is 0 Å². The molecule has 0 atom stereocenters. The molecule has 0 saturated heterocycles. The van der Waals surface area contributed by atoms with Gasteiger partial charge >= 0.3 is 17.7 Å². The fraction of sp³-hybridized carbons (Fsp3) is 0.375. The summed E-state index contributed by atoms with van der Waals surface area (Å²) in [4.78, 5) is 40.0. The number of rotatable bonds is 4. The van der Waals surface area contributed by atoms with Gasteiger partial charge < -0.3 is 15.6 Å². The number of aromatic carboxylic acids is 1. The lowest BCUT2D eigenvalue weighted by molar-refractivity contribution is -0.384. The zero-order valence-electron chi connectivity index (χ0n) is 15.8. The third kappa shape index (κ3) is 7.15. The standard InChI is InChI=1S/C11H16N2O4S.C5H5N3O2/c1-5-6-7(8(14)15)12-9(18-6)13-10(16)17-11(2,3)4;6-5-4(8(9)10)2-1-3-7-5/h5H2,1-4H3,(H,14,15)(H,12,13,16);1-3H,(H2,6,7). The van der Waals surface area contributed by atoms with Gasteiger partial charge in [0.1, 0.15) is 5.60 Å². The van der Waals surface area contributed by atoms with Crippen molar-refractivity contribution in [1.82, 2.24) is 9.97 Å². The van der Waals surface area contributed by atoms with Crippen molar-refractivity contribution >= 4 is 40.0 Å². The van der Waals surface area contributed by atoms with E-state index in [0.29, 0.717) is 11.3 Å². The van der Waals surface area contributed by atoms with Crippen LogP contribution in [0.1, 0.15) is 43.1 Å². The normalized spacial score (nSPS) is 10.4. The number of nitro groups is 1. The van der Waals surface area contributed by atoms with Crippen LogP contribution in [0.15, 0.2) is 18.3 Å². The summed E-state index contributed by atoms with van der Waals surface area (Å²) in [5.41, 5.74) is 4.39. The zero-order valence-corrected chi connectivity index (χ0v) is 16.6. The molecule has 2 rings (SSSR count). The summed E-state index contributed by atoms with van der Waals surface area (Å²) in [6, 6.07) is 2.77. The molecular weight excluding hydrogens is 390 g/mol. The number of carbonyl (C=O) groups is 2. The van der Waals surface area contributed by atoms with Gasteiger partial charge in [0.2, 0.25) is 5.82 Å². The van der Waals surface area contributed by atoms with Gasteiger partial charge in [-0.25, -0.2) is 19.6 Å². The van der Waals surface area contributed by atoms with Crippen LogP contribution < -0.4 is 11.1 Å². The minimum atomic E-state index is -1.10. The summed E-state index contributed by atoms with van der Waals surface area (Å²) in [6.45, 7) is 7.06. The van der Waals surface area contributed by atoms with Gasteiger partial charge in [-0.2, -0.15) is 0 Å². The van der Waals surface area contributed by atoms with Crippen molar-refractivity contribution in [3.63, 3.8) is 0 Å². The van der Waals surface area contributed by atoms with Gasteiger partial charge in [0.15, 0.2) is 10.8 Å². The lowest BCUT2D eigenvalue weighted by Crippen LogP contribution is -2.27. The molecule has 0 bridgehead atoms. The first-order chi connectivity index (χ1) is 12.9. The molecule has 2 aromatic heterocycles. The average Bonchev–Trinajstić information content (AvgIpc) is 2.97. The maximum absolute atomic E-state index is 11.5. The van der Waals surface area contributed by atoms with Crippen molar-refractivity contribution in [3.05, 3.63) is 39.0 Å². The van der Waals surface area contributed by atoms with Crippen molar-refractivity contribution in [2.24, 2.45) is 0 Å². The maximum atomic E-state index is 11.5. The Kier molecular flexibility index (Phi) is 7.80. The number of carboxylic acid groups (broad SMARTS) is 1. The lowest BCUT2D eigenvalue weighted by Gasteiger charge is -2.18. The number of pyridine rings is 1. The second-order valence-electron chi connectivity index (χ2n) is 6.24. The van der Waals surface area contributed by atoms with Crippen molar-refractivity contribution in [1.29, 1.82) is 0 Å². The smallest absolute Gasteiger partial charge is 0.413 e. The van der Waals surface area contributed by atoms with Gasteiger partial charge in [0, 0.05) is 17.1 Å². The van der Waals surface area contributed by atoms with Crippen molar-refractivity contribution in [3.8, 4) is 0 Å². The number of hydrogen-bond acceptors (Lipinski definition) is 9. The number of nitrogens with zero attached hydrogens (tertiary/aromatic N) is 3. The first-order valence-corrected chi connectivity index (χ1v) is 8.84. The van der Waals surface area contributed by atoms with Gasteiger partial charge in [-0.05, 0) is 33.3 Å². The molecule has 0 spiro atoms. The van der Waals surface area contributed by atoms with Gasteiger partial charge in [-0.15, -0.1) is 11.3 Å². The number of aryl methyl sites for hydroxylation is 1. The van der Waals surface area contributed by atoms with Crippen molar-refractivity contribution < 1.29 is 24.4 Å². The van der Waals surface area contributed by atoms with E-state index in [1.165, 1.54) is 18.3 Å². The second kappa shape index (κ2) is 9.60. The minimum Gasteiger partial charge on any atom is -0.476 e. The van der Waals surface area contributed by atoms with Gasteiger partial charge in [0.05, 0.1) is 4.92 Å². The Hall–Kier alpha value is -3.28. The number of carbonyl (C=O) groups excluding carboxylic acids is 1. The average molecular weight is 411 g/mol. The van der Waals surface area contributed by atoms with Crippen LogP contribution in [-0.4, -0.2) is 37.7 Å². The zero-order chi connectivity index (χ0) is 21.5. The van der Waals surface area contributed by atoms with E-state index in [1.807, 2.05) is 6.92 Å². The number of hydrogen-bond donors (Lipinski definition) is 3. The molecule has 11 nitrogen and oxygen atoms in total. The fourth-order valence-electron chi connectivity index (χ4n) is 1.77. The van der Waals surface area contributed by atoms with Gasteiger partial charge in [-0.1, -0.05) is 6.92 Å². The van der Waals surface area contributed by atoms with Crippen LogP contribution in [0.5, 0.6) is 0 Å². The quantitative estimate of drug-likeness (QED) is 0.504. The van der Waals surface area contributed by atoms with E-state index < -0.39 is 22.6 Å². The second-order valence-corrected chi connectivity index (χ2v) is 7.32. The number of nitrogens with two attached hydrogens (primary N) is 1. The van der Waals surface area contributed by atoms with E-state index in [2.05, 4.69) is 15.3 Å². The SMILES string of the molecule is CCc1sc(NC(=O)OC(C)(C)C)nc1C(=O)O.Nc1ncccc1[N+](=O)[O-]. The predicted molar refractivity (Wildman–Crippen MR) is 104 cm³/mol. The van der Waals surface area contributed by atoms with Crippen LogP contribution in [-0.2, 0) is 11.2 Å². The molecule has 0 aliphatic carbocycles. The van der Waals surface area contributed by atoms with Crippen LogP contribution in [0.25, 0.3) is 0 Å². The Balaban J connectivity index is 0.000000330. The lowest BCUT2D eigenvalue weighted by atomic mass is 10.2. The minimum absolute atomic E-state index is 0.0199. The number of aromatic nitrogens is 2. The Labute approximate surface area is 164 Å². The molecule has 0 aliphatic heterocycles. The summed E-state index contributed by atoms with van der Waals surface area (Å²) < 4.78 is 5.05. The molecule has 4 N–H and O–H groups in total. The van der Waals surface area contributed by atoms with E-state index in [1.54, 1.807) is 20.8 Å². The highest BCUT2D eigenvalue weighted by Gasteiger charge is 2.20. The molecule has 0 saturated carbocycles. The molecule has 0 unspecified atom stereocenters. The number of nitrogen functional groups attached to an aromatic ring is 1. The monoisotopic (exact) mass is 411 g/mol. The molecule has 28 heavy (non-hydrogen) atoms. The first kappa shape index (κ1) is 22.8. The van der Waals surface area contributed by atoms with Gasteiger partial charge in [-0.3, -0.25) is 15.4 Å². The number of amides is 1. The van der Waals surface area contributed by atoms with Crippen molar-refractivity contribution in [2.75, 3.05) is 11.1 Å². The third-order valence-corrected chi connectivity index (χ3v) is 3.96. The highest BCUT2D eigenvalue weighted by molar-refractivity contribution is 7.16. The topological polar surface area (TPSA) is 171 Å². The van der Waals surface area contributed by atoms with Crippen molar-refractivity contribution in [2.45, 2.75) is 39.7 Å².